The lowest BCUT2D eigenvalue weighted by atomic mass is 10.1. The maximum Gasteiger partial charge on any atom is 0.122 e. The molecule has 1 aromatic heterocycles. The number of aromatic nitrogens is 2. The van der Waals surface area contributed by atoms with Gasteiger partial charge in [0.15, 0.2) is 0 Å². The first-order chi connectivity index (χ1) is 9.16. The SMILES string of the molecule is Cc1cc([C@H](C)O)ccc1OCCCn1ccnc1. The van der Waals surface area contributed by atoms with E-state index in [9.17, 15) is 5.11 Å². The molecule has 0 fully saturated rings. The standard InChI is InChI=1S/C15H20N2O2/c1-12-10-14(13(2)18)4-5-15(12)19-9-3-7-17-8-6-16-11-17/h4-6,8,10-11,13,18H,3,7,9H2,1-2H3/t13-/m0/s1. The summed E-state index contributed by atoms with van der Waals surface area (Å²) < 4.78 is 7.79. The van der Waals surface area contributed by atoms with Gasteiger partial charge in [-0.25, -0.2) is 4.98 Å². The molecule has 0 aliphatic rings. The average molecular weight is 260 g/mol. The highest BCUT2D eigenvalue weighted by Gasteiger charge is 2.05. The van der Waals surface area contributed by atoms with E-state index < -0.39 is 6.10 Å². The summed E-state index contributed by atoms with van der Waals surface area (Å²) in [5.74, 6) is 0.884. The van der Waals surface area contributed by atoms with Gasteiger partial charge in [0, 0.05) is 18.9 Å². The van der Waals surface area contributed by atoms with E-state index in [1.54, 1.807) is 13.1 Å². The van der Waals surface area contributed by atoms with Crippen LogP contribution in [-0.2, 0) is 6.54 Å². The predicted octanol–water partition coefficient (Wildman–Crippen LogP) is 2.71. The van der Waals surface area contributed by atoms with Crippen LogP contribution in [0.3, 0.4) is 0 Å². The summed E-state index contributed by atoms with van der Waals surface area (Å²) in [6, 6.07) is 5.80. The van der Waals surface area contributed by atoms with Gasteiger partial charge in [0.1, 0.15) is 5.75 Å². The quantitative estimate of drug-likeness (QED) is 0.812. The van der Waals surface area contributed by atoms with Gasteiger partial charge in [-0.15, -0.1) is 0 Å². The lowest BCUT2D eigenvalue weighted by Crippen LogP contribution is -2.04. The van der Waals surface area contributed by atoms with Gasteiger partial charge in [0.2, 0.25) is 0 Å². The first-order valence-electron chi connectivity index (χ1n) is 6.54. The number of ether oxygens (including phenoxy) is 1. The fourth-order valence-electron chi connectivity index (χ4n) is 1.94. The summed E-state index contributed by atoms with van der Waals surface area (Å²) >= 11 is 0. The molecule has 2 rings (SSSR count). The molecular weight excluding hydrogens is 240 g/mol. The van der Waals surface area contributed by atoms with Gasteiger partial charge in [-0.3, -0.25) is 0 Å². The molecule has 0 amide bonds. The summed E-state index contributed by atoms with van der Waals surface area (Å²) in [6.07, 6.45) is 6.04. The van der Waals surface area contributed by atoms with Crippen molar-refractivity contribution in [2.75, 3.05) is 6.61 Å². The third kappa shape index (κ3) is 3.83. The summed E-state index contributed by atoms with van der Waals surface area (Å²) in [7, 11) is 0. The minimum atomic E-state index is -0.436. The smallest absolute Gasteiger partial charge is 0.122 e. The van der Waals surface area contributed by atoms with Crippen LogP contribution < -0.4 is 4.74 Å². The summed E-state index contributed by atoms with van der Waals surface area (Å²) in [4.78, 5) is 4.00. The Morgan fingerprint density at radius 2 is 2.26 bits per heavy atom. The number of benzene rings is 1. The number of aliphatic hydroxyl groups excluding tert-OH is 1. The van der Waals surface area contributed by atoms with Gasteiger partial charge in [0.25, 0.3) is 0 Å². The van der Waals surface area contributed by atoms with Gasteiger partial charge in [-0.05, 0) is 43.5 Å². The highest BCUT2D eigenvalue weighted by Crippen LogP contribution is 2.22. The van der Waals surface area contributed by atoms with Gasteiger partial charge in [-0.2, -0.15) is 0 Å². The fourth-order valence-corrected chi connectivity index (χ4v) is 1.94. The summed E-state index contributed by atoms with van der Waals surface area (Å²) in [6.45, 7) is 5.34. The Morgan fingerprint density at radius 3 is 2.89 bits per heavy atom. The lowest BCUT2D eigenvalue weighted by molar-refractivity contribution is 0.199. The van der Waals surface area contributed by atoms with Crippen molar-refractivity contribution in [2.45, 2.75) is 32.9 Å². The fraction of sp³-hybridized carbons (Fsp3) is 0.400. The number of hydrogen-bond acceptors (Lipinski definition) is 3. The van der Waals surface area contributed by atoms with Crippen LogP contribution in [0.25, 0.3) is 0 Å². The number of aryl methyl sites for hydroxylation is 2. The molecule has 1 atom stereocenters. The second kappa shape index (κ2) is 6.38. The first kappa shape index (κ1) is 13.6. The normalized spacial score (nSPS) is 12.4. The van der Waals surface area contributed by atoms with E-state index in [0.29, 0.717) is 6.61 Å². The molecule has 0 aliphatic heterocycles. The zero-order chi connectivity index (χ0) is 13.7. The molecule has 0 saturated heterocycles. The number of imidazole rings is 1. The second-order valence-corrected chi connectivity index (χ2v) is 4.70. The molecule has 0 bridgehead atoms. The van der Waals surface area contributed by atoms with Crippen molar-refractivity contribution in [2.24, 2.45) is 0 Å². The number of nitrogens with zero attached hydrogens (tertiary/aromatic N) is 2. The molecule has 0 spiro atoms. The van der Waals surface area contributed by atoms with Crippen LogP contribution in [-0.4, -0.2) is 21.3 Å². The third-order valence-electron chi connectivity index (χ3n) is 3.06. The molecule has 0 aliphatic carbocycles. The van der Waals surface area contributed by atoms with Crippen molar-refractivity contribution in [1.29, 1.82) is 0 Å². The molecule has 4 nitrogen and oxygen atoms in total. The molecule has 0 unspecified atom stereocenters. The molecule has 1 aromatic carbocycles. The topological polar surface area (TPSA) is 47.3 Å². The Balaban J connectivity index is 1.82. The van der Waals surface area contributed by atoms with Crippen LogP contribution >= 0.6 is 0 Å². The van der Waals surface area contributed by atoms with Crippen molar-refractivity contribution in [3.63, 3.8) is 0 Å². The molecule has 2 aromatic rings. The molecule has 19 heavy (non-hydrogen) atoms. The maximum absolute atomic E-state index is 9.51. The van der Waals surface area contributed by atoms with Crippen molar-refractivity contribution < 1.29 is 9.84 Å². The van der Waals surface area contributed by atoms with Gasteiger partial charge >= 0.3 is 0 Å². The summed E-state index contributed by atoms with van der Waals surface area (Å²) in [5, 5.41) is 9.51. The number of aliphatic hydroxyl groups is 1. The van der Waals surface area contributed by atoms with Crippen LogP contribution in [0.5, 0.6) is 5.75 Å². The van der Waals surface area contributed by atoms with E-state index in [0.717, 1.165) is 29.8 Å². The zero-order valence-corrected chi connectivity index (χ0v) is 11.4. The minimum absolute atomic E-state index is 0.436. The average Bonchev–Trinajstić information content (AvgIpc) is 2.89. The Kier molecular flexibility index (Phi) is 4.58. The van der Waals surface area contributed by atoms with Crippen molar-refractivity contribution >= 4 is 0 Å². The van der Waals surface area contributed by atoms with E-state index >= 15 is 0 Å². The van der Waals surface area contributed by atoms with Crippen molar-refractivity contribution in [1.82, 2.24) is 9.55 Å². The van der Waals surface area contributed by atoms with E-state index in [2.05, 4.69) is 4.98 Å². The monoisotopic (exact) mass is 260 g/mol. The Bertz CT molecular complexity index is 507. The summed E-state index contributed by atoms with van der Waals surface area (Å²) in [5.41, 5.74) is 1.98. The van der Waals surface area contributed by atoms with Gasteiger partial charge < -0.3 is 14.4 Å². The third-order valence-corrected chi connectivity index (χ3v) is 3.06. The van der Waals surface area contributed by atoms with Gasteiger partial charge in [0.05, 0.1) is 19.0 Å². The number of rotatable bonds is 6. The van der Waals surface area contributed by atoms with E-state index in [-0.39, 0.29) is 0 Å². The van der Waals surface area contributed by atoms with E-state index in [1.807, 2.05) is 42.2 Å². The highest BCUT2D eigenvalue weighted by atomic mass is 16.5. The molecule has 1 heterocycles. The van der Waals surface area contributed by atoms with Crippen molar-refractivity contribution in [3.8, 4) is 5.75 Å². The molecule has 4 heteroatoms. The molecule has 102 valence electrons. The Labute approximate surface area is 113 Å². The largest absolute Gasteiger partial charge is 0.493 e. The van der Waals surface area contributed by atoms with Crippen LogP contribution in [0, 0.1) is 6.92 Å². The van der Waals surface area contributed by atoms with Crippen LogP contribution in [0.15, 0.2) is 36.9 Å². The first-order valence-corrected chi connectivity index (χ1v) is 6.54. The zero-order valence-electron chi connectivity index (χ0n) is 11.4. The van der Waals surface area contributed by atoms with E-state index in [4.69, 9.17) is 4.74 Å². The minimum Gasteiger partial charge on any atom is -0.493 e. The maximum atomic E-state index is 9.51. The van der Waals surface area contributed by atoms with E-state index in [1.165, 1.54) is 0 Å². The van der Waals surface area contributed by atoms with Crippen LogP contribution in [0.1, 0.15) is 30.6 Å². The van der Waals surface area contributed by atoms with Crippen LogP contribution in [0.4, 0.5) is 0 Å². The predicted molar refractivity (Wildman–Crippen MR) is 74.2 cm³/mol. The lowest BCUT2D eigenvalue weighted by Gasteiger charge is -2.12. The van der Waals surface area contributed by atoms with Gasteiger partial charge in [-0.1, -0.05) is 6.07 Å². The Hall–Kier alpha value is -1.81. The van der Waals surface area contributed by atoms with Crippen LogP contribution in [0.2, 0.25) is 0 Å². The second-order valence-electron chi connectivity index (χ2n) is 4.70. The number of hydrogen-bond donors (Lipinski definition) is 1. The molecule has 1 N–H and O–H groups in total. The molecule has 0 radical (unpaired) electrons. The highest BCUT2D eigenvalue weighted by molar-refractivity contribution is 5.36. The molecular formula is C15H20N2O2. The van der Waals surface area contributed by atoms with Crippen molar-refractivity contribution in [3.05, 3.63) is 48.0 Å². The Morgan fingerprint density at radius 1 is 1.42 bits per heavy atom. The molecule has 0 saturated carbocycles.